The van der Waals surface area contributed by atoms with Gasteiger partial charge in [-0.3, -0.25) is 4.98 Å². The molecule has 0 bridgehead atoms. The Kier molecular flexibility index (Phi) is 3.36. The molecule has 3 aromatic heterocycles. The van der Waals surface area contributed by atoms with E-state index in [2.05, 4.69) is 26.4 Å². The molecule has 7 heteroatoms. The zero-order chi connectivity index (χ0) is 17.6. The number of ether oxygens (including phenoxy) is 1. The van der Waals surface area contributed by atoms with Crippen LogP contribution < -0.4 is 5.32 Å². The Morgan fingerprint density at radius 1 is 1.19 bits per heavy atom. The van der Waals surface area contributed by atoms with Crippen LogP contribution in [0.15, 0.2) is 55.0 Å². The lowest BCUT2D eigenvalue weighted by molar-refractivity contribution is -0.121. The fourth-order valence-electron chi connectivity index (χ4n) is 3.13. The number of hydrogen-bond donors (Lipinski definition) is 1. The lowest BCUT2D eigenvalue weighted by Gasteiger charge is -2.33. The zero-order valence-corrected chi connectivity index (χ0v) is 13.9. The van der Waals surface area contributed by atoms with E-state index in [-0.39, 0.29) is 19.8 Å². The van der Waals surface area contributed by atoms with E-state index in [1.54, 1.807) is 16.9 Å². The first kappa shape index (κ1) is 15.2. The molecule has 26 heavy (non-hydrogen) atoms. The summed E-state index contributed by atoms with van der Waals surface area (Å²) < 4.78 is 20.7. The number of nitrogens with one attached hydrogen (secondary N) is 1. The molecule has 0 spiro atoms. The van der Waals surface area contributed by atoms with Crippen molar-refractivity contribution in [2.75, 3.05) is 25.1 Å². The molecule has 0 saturated carbocycles. The second kappa shape index (κ2) is 5.74. The lowest BCUT2D eigenvalue weighted by atomic mass is 10.0. The van der Waals surface area contributed by atoms with Crippen LogP contribution in [-0.4, -0.2) is 45.0 Å². The highest BCUT2D eigenvalue weighted by atomic mass is 19.1. The van der Waals surface area contributed by atoms with Gasteiger partial charge in [0, 0.05) is 23.3 Å². The largest absolute Gasteiger partial charge is 0.374 e. The van der Waals surface area contributed by atoms with Crippen LogP contribution in [0.1, 0.15) is 0 Å². The molecule has 1 saturated heterocycles. The van der Waals surface area contributed by atoms with Gasteiger partial charge in [0.25, 0.3) is 0 Å². The van der Waals surface area contributed by atoms with Gasteiger partial charge in [0.05, 0.1) is 37.0 Å². The molecule has 1 aliphatic rings. The number of nitrogens with zero attached hydrogens (tertiary/aromatic N) is 4. The van der Waals surface area contributed by atoms with Gasteiger partial charge in [-0.25, -0.2) is 13.9 Å². The number of pyridine rings is 1. The fraction of sp³-hybridized carbons (Fsp3) is 0.211. The van der Waals surface area contributed by atoms with Gasteiger partial charge in [-0.05, 0) is 29.8 Å². The van der Waals surface area contributed by atoms with Gasteiger partial charge in [-0.15, -0.1) is 5.10 Å². The third kappa shape index (κ3) is 2.57. The van der Waals surface area contributed by atoms with Crippen molar-refractivity contribution >= 4 is 22.4 Å². The topological polar surface area (TPSA) is 64.3 Å². The maximum Gasteiger partial charge on any atom is 0.241 e. The van der Waals surface area contributed by atoms with Gasteiger partial charge in [-0.2, -0.15) is 0 Å². The minimum Gasteiger partial charge on any atom is -0.374 e. The Morgan fingerprint density at radius 3 is 2.96 bits per heavy atom. The van der Waals surface area contributed by atoms with Gasteiger partial charge in [-0.1, -0.05) is 12.1 Å². The first-order valence-electron chi connectivity index (χ1n) is 8.40. The first-order chi connectivity index (χ1) is 12.7. The Morgan fingerprint density at radius 2 is 2.12 bits per heavy atom. The minimum atomic E-state index is -1.32. The average Bonchev–Trinajstić information content (AvgIpc) is 3.07. The van der Waals surface area contributed by atoms with Crippen LogP contribution in [0.5, 0.6) is 0 Å². The van der Waals surface area contributed by atoms with Crippen LogP contribution in [0.25, 0.3) is 27.5 Å². The summed E-state index contributed by atoms with van der Waals surface area (Å²) in [5, 5.41) is 8.45. The average molecular weight is 349 g/mol. The van der Waals surface area contributed by atoms with Crippen molar-refractivity contribution in [3.05, 3.63) is 55.0 Å². The van der Waals surface area contributed by atoms with E-state index in [1.807, 2.05) is 36.5 Å². The molecule has 0 unspecified atom stereocenters. The summed E-state index contributed by atoms with van der Waals surface area (Å²) in [7, 11) is 0. The number of halogens is 1. The van der Waals surface area contributed by atoms with Crippen LogP contribution in [0, 0.1) is 0 Å². The van der Waals surface area contributed by atoms with Crippen LogP contribution in [0.3, 0.4) is 0 Å². The Balaban J connectivity index is 1.46. The molecular formula is C19H16FN5O. The molecule has 5 rings (SSSR count). The second-order valence-electron chi connectivity index (χ2n) is 6.55. The van der Waals surface area contributed by atoms with Crippen molar-refractivity contribution in [1.29, 1.82) is 0 Å². The molecule has 0 radical (unpaired) electrons. The van der Waals surface area contributed by atoms with E-state index in [4.69, 9.17) is 4.74 Å². The number of hydrogen-bond acceptors (Lipinski definition) is 5. The number of aromatic nitrogens is 4. The van der Waals surface area contributed by atoms with E-state index in [9.17, 15) is 4.39 Å². The van der Waals surface area contributed by atoms with Crippen LogP contribution in [0.2, 0.25) is 0 Å². The minimum absolute atomic E-state index is 0.118. The molecule has 1 N–H and O–H groups in total. The second-order valence-corrected chi connectivity index (χ2v) is 6.55. The molecule has 1 aromatic carbocycles. The van der Waals surface area contributed by atoms with Gasteiger partial charge in [0.15, 0.2) is 5.67 Å². The first-order valence-corrected chi connectivity index (χ1v) is 8.40. The smallest absolute Gasteiger partial charge is 0.241 e. The Bertz CT molecular complexity index is 1110. The maximum atomic E-state index is 14.0. The highest BCUT2D eigenvalue weighted by Gasteiger charge is 2.38. The van der Waals surface area contributed by atoms with Crippen molar-refractivity contribution in [3.8, 4) is 11.1 Å². The van der Waals surface area contributed by atoms with E-state index in [0.717, 1.165) is 27.5 Å². The Labute approximate surface area is 148 Å². The predicted octanol–water partition coefficient (Wildman–Crippen LogP) is 3.09. The Hall–Kier alpha value is -3.06. The summed E-state index contributed by atoms with van der Waals surface area (Å²) in [6.45, 7) is 0.379. The quantitative estimate of drug-likeness (QED) is 0.613. The molecule has 4 heterocycles. The number of rotatable bonds is 4. The van der Waals surface area contributed by atoms with Crippen LogP contribution >= 0.6 is 0 Å². The van der Waals surface area contributed by atoms with Crippen LogP contribution in [0.4, 0.5) is 10.3 Å². The van der Waals surface area contributed by atoms with Gasteiger partial charge < -0.3 is 10.1 Å². The standard InChI is InChI=1S/C19H16FN5O/c20-19(11-26-12-19)10-23-18-22-9-17-15(5-7-25(17)24-18)13-3-4-16-14(8-13)2-1-6-21-16/h1-9H,10-12H2,(H,23,24). The SMILES string of the molecule is FC1(CNc2ncc3c(-c4ccc5ncccc5c4)ccn3n2)COC1. The summed E-state index contributed by atoms with van der Waals surface area (Å²) >= 11 is 0. The molecule has 1 fully saturated rings. The summed E-state index contributed by atoms with van der Waals surface area (Å²) in [4.78, 5) is 8.68. The summed E-state index contributed by atoms with van der Waals surface area (Å²) in [6.07, 6.45) is 5.42. The normalized spacial score (nSPS) is 15.9. The summed E-state index contributed by atoms with van der Waals surface area (Å²) in [5.41, 5.74) is 2.64. The highest BCUT2D eigenvalue weighted by Crippen LogP contribution is 2.28. The van der Waals surface area contributed by atoms with Crippen LogP contribution in [-0.2, 0) is 4.74 Å². The van der Waals surface area contributed by atoms with E-state index >= 15 is 0 Å². The summed E-state index contributed by atoms with van der Waals surface area (Å²) in [6, 6.07) is 12.1. The van der Waals surface area contributed by atoms with Gasteiger partial charge in [0.1, 0.15) is 0 Å². The van der Waals surface area contributed by atoms with E-state index < -0.39 is 5.67 Å². The number of anilines is 1. The van der Waals surface area contributed by atoms with Crippen molar-refractivity contribution in [2.24, 2.45) is 0 Å². The number of benzene rings is 1. The molecule has 130 valence electrons. The van der Waals surface area contributed by atoms with Crippen molar-refractivity contribution in [3.63, 3.8) is 0 Å². The molecule has 4 aromatic rings. The van der Waals surface area contributed by atoms with Crippen molar-refractivity contribution in [1.82, 2.24) is 19.6 Å². The molecule has 6 nitrogen and oxygen atoms in total. The summed E-state index contributed by atoms with van der Waals surface area (Å²) in [5.74, 6) is 0.395. The van der Waals surface area contributed by atoms with Crippen molar-refractivity contribution in [2.45, 2.75) is 5.67 Å². The number of alkyl halides is 1. The third-order valence-electron chi connectivity index (χ3n) is 4.62. The zero-order valence-electron chi connectivity index (χ0n) is 13.9. The van der Waals surface area contributed by atoms with Gasteiger partial charge in [0.2, 0.25) is 5.95 Å². The fourth-order valence-corrected chi connectivity index (χ4v) is 3.13. The third-order valence-corrected chi connectivity index (χ3v) is 4.62. The van der Waals surface area contributed by atoms with E-state index in [0.29, 0.717) is 5.95 Å². The highest BCUT2D eigenvalue weighted by molar-refractivity contribution is 5.88. The molecule has 0 atom stereocenters. The molecule has 0 amide bonds. The van der Waals surface area contributed by atoms with E-state index in [1.165, 1.54) is 0 Å². The molecule has 0 aliphatic carbocycles. The maximum absolute atomic E-state index is 14.0. The lowest BCUT2D eigenvalue weighted by Crippen LogP contribution is -2.50. The monoisotopic (exact) mass is 349 g/mol. The molecule has 1 aliphatic heterocycles. The van der Waals surface area contributed by atoms with Crippen molar-refractivity contribution < 1.29 is 9.13 Å². The predicted molar refractivity (Wildman–Crippen MR) is 96.9 cm³/mol. The molecular weight excluding hydrogens is 333 g/mol. The number of fused-ring (bicyclic) bond motifs is 2. The van der Waals surface area contributed by atoms with Gasteiger partial charge >= 0.3 is 0 Å².